The van der Waals surface area contributed by atoms with Gasteiger partial charge in [-0.1, -0.05) is 36.8 Å². The second-order valence-electron chi connectivity index (χ2n) is 5.00. The van der Waals surface area contributed by atoms with Crippen molar-refractivity contribution in [3.63, 3.8) is 0 Å². The summed E-state index contributed by atoms with van der Waals surface area (Å²) in [5, 5.41) is 3.39. The predicted octanol–water partition coefficient (Wildman–Crippen LogP) is 3.27. The molecule has 0 fully saturated rings. The SMILES string of the molecule is CCNC(Cc1cccc(C)c1)c1ccc(C(=O)OC)o1. The van der Waals surface area contributed by atoms with E-state index in [0.29, 0.717) is 0 Å². The van der Waals surface area contributed by atoms with Gasteiger partial charge >= 0.3 is 5.97 Å². The minimum absolute atomic E-state index is 0.0372. The van der Waals surface area contributed by atoms with Gasteiger partial charge in [-0.15, -0.1) is 0 Å². The molecule has 0 amide bonds. The molecule has 4 nitrogen and oxygen atoms in total. The zero-order chi connectivity index (χ0) is 15.2. The van der Waals surface area contributed by atoms with Crippen LogP contribution < -0.4 is 5.32 Å². The Labute approximate surface area is 125 Å². The Hall–Kier alpha value is -2.07. The van der Waals surface area contributed by atoms with E-state index in [1.54, 1.807) is 6.07 Å². The molecule has 1 unspecified atom stereocenters. The molecule has 1 aromatic carbocycles. The number of hydrogen-bond donors (Lipinski definition) is 1. The van der Waals surface area contributed by atoms with E-state index in [9.17, 15) is 4.79 Å². The third-order valence-corrected chi connectivity index (χ3v) is 3.33. The molecule has 1 N–H and O–H groups in total. The van der Waals surface area contributed by atoms with Crippen molar-refractivity contribution in [1.82, 2.24) is 5.32 Å². The molecule has 2 rings (SSSR count). The number of carbonyl (C=O) groups is 1. The van der Waals surface area contributed by atoms with Crippen LogP contribution in [0.2, 0.25) is 0 Å². The van der Waals surface area contributed by atoms with Crippen LogP contribution in [0.1, 0.15) is 40.4 Å². The Kier molecular flexibility index (Phi) is 5.17. The summed E-state index contributed by atoms with van der Waals surface area (Å²) in [5.41, 5.74) is 2.47. The molecule has 4 heteroatoms. The number of nitrogens with one attached hydrogen (secondary N) is 1. The number of ether oxygens (including phenoxy) is 1. The molecule has 1 atom stereocenters. The van der Waals surface area contributed by atoms with Crippen LogP contribution in [0.4, 0.5) is 0 Å². The van der Waals surface area contributed by atoms with Gasteiger partial charge in [0, 0.05) is 0 Å². The average Bonchev–Trinajstić information content (AvgIpc) is 2.96. The largest absolute Gasteiger partial charge is 0.463 e. The fourth-order valence-corrected chi connectivity index (χ4v) is 2.34. The second kappa shape index (κ2) is 7.09. The number of rotatable bonds is 6. The van der Waals surface area contributed by atoms with E-state index >= 15 is 0 Å². The molecule has 0 aliphatic heterocycles. The van der Waals surface area contributed by atoms with E-state index in [0.717, 1.165) is 18.7 Å². The van der Waals surface area contributed by atoms with Crippen molar-refractivity contribution in [2.24, 2.45) is 0 Å². The first kappa shape index (κ1) is 15.3. The zero-order valence-corrected chi connectivity index (χ0v) is 12.7. The number of aryl methyl sites for hydroxylation is 1. The summed E-state index contributed by atoms with van der Waals surface area (Å²) in [6, 6.07) is 11.9. The summed E-state index contributed by atoms with van der Waals surface area (Å²) < 4.78 is 10.3. The van der Waals surface area contributed by atoms with Gasteiger partial charge in [0.2, 0.25) is 5.76 Å². The first-order valence-corrected chi connectivity index (χ1v) is 7.11. The van der Waals surface area contributed by atoms with E-state index < -0.39 is 5.97 Å². The normalized spacial score (nSPS) is 12.1. The molecule has 1 heterocycles. The highest BCUT2D eigenvalue weighted by Gasteiger charge is 2.18. The van der Waals surface area contributed by atoms with Gasteiger partial charge in [-0.05, 0) is 37.6 Å². The van der Waals surface area contributed by atoms with Gasteiger partial charge in [0.1, 0.15) is 5.76 Å². The average molecular weight is 287 g/mol. The Morgan fingerprint density at radius 3 is 2.81 bits per heavy atom. The summed E-state index contributed by atoms with van der Waals surface area (Å²) in [6.07, 6.45) is 0.809. The van der Waals surface area contributed by atoms with E-state index in [4.69, 9.17) is 4.42 Å². The summed E-state index contributed by atoms with van der Waals surface area (Å²) >= 11 is 0. The molecular weight excluding hydrogens is 266 g/mol. The molecule has 21 heavy (non-hydrogen) atoms. The van der Waals surface area contributed by atoms with E-state index in [2.05, 4.69) is 41.2 Å². The van der Waals surface area contributed by atoms with Gasteiger partial charge in [0.25, 0.3) is 0 Å². The van der Waals surface area contributed by atoms with Gasteiger partial charge in [-0.2, -0.15) is 0 Å². The lowest BCUT2D eigenvalue weighted by Crippen LogP contribution is -2.22. The van der Waals surface area contributed by atoms with Crippen LogP contribution in [0.15, 0.2) is 40.8 Å². The highest BCUT2D eigenvalue weighted by atomic mass is 16.5. The van der Waals surface area contributed by atoms with Crippen molar-refractivity contribution in [2.75, 3.05) is 13.7 Å². The fraction of sp³-hybridized carbons (Fsp3) is 0.353. The topological polar surface area (TPSA) is 51.5 Å². The number of furan rings is 1. The Balaban J connectivity index is 2.18. The van der Waals surface area contributed by atoms with Crippen LogP contribution in [-0.2, 0) is 11.2 Å². The minimum atomic E-state index is -0.452. The molecule has 112 valence electrons. The second-order valence-corrected chi connectivity index (χ2v) is 5.00. The van der Waals surface area contributed by atoms with Gasteiger partial charge in [-0.3, -0.25) is 0 Å². The van der Waals surface area contributed by atoms with Crippen molar-refractivity contribution >= 4 is 5.97 Å². The summed E-state index contributed by atoms with van der Waals surface area (Å²) in [7, 11) is 1.35. The Morgan fingerprint density at radius 2 is 2.14 bits per heavy atom. The van der Waals surface area contributed by atoms with Crippen molar-refractivity contribution < 1.29 is 13.9 Å². The standard InChI is InChI=1S/C17H21NO3/c1-4-18-14(11-13-7-5-6-12(2)10-13)15-8-9-16(21-15)17(19)20-3/h5-10,14,18H,4,11H2,1-3H3. The van der Waals surface area contributed by atoms with E-state index in [1.165, 1.54) is 18.2 Å². The lowest BCUT2D eigenvalue weighted by Gasteiger charge is -2.16. The molecule has 0 spiro atoms. The zero-order valence-electron chi connectivity index (χ0n) is 12.7. The lowest BCUT2D eigenvalue weighted by atomic mass is 10.0. The maximum absolute atomic E-state index is 11.5. The smallest absolute Gasteiger partial charge is 0.373 e. The van der Waals surface area contributed by atoms with Crippen LogP contribution in [0, 0.1) is 6.92 Å². The third-order valence-electron chi connectivity index (χ3n) is 3.33. The maximum atomic E-state index is 11.5. The molecule has 1 aromatic heterocycles. The number of esters is 1. The van der Waals surface area contributed by atoms with Crippen LogP contribution in [0.5, 0.6) is 0 Å². The minimum Gasteiger partial charge on any atom is -0.463 e. The van der Waals surface area contributed by atoms with Crippen LogP contribution >= 0.6 is 0 Å². The number of hydrogen-bond acceptors (Lipinski definition) is 4. The molecule has 0 aliphatic rings. The summed E-state index contributed by atoms with van der Waals surface area (Å²) in [5.74, 6) is 0.533. The van der Waals surface area contributed by atoms with Crippen molar-refractivity contribution in [2.45, 2.75) is 26.3 Å². The molecule has 0 radical (unpaired) electrons. The highest BCUT2D eigenvalue weighted by Crippen LogP contribution is 2.22. The Morgan fingerprint density at radius 1 is 1.33 bits per heavy atom. The van der Waals surface area contributed by atoms with Gasteiger partial charge in [0.15, 0.2) is 0 Å². The summed E-state index contributed by atoms with van der Waals surface area (Å²) in [4.78, 5) is 11.5. The summed E-state index contributed by atoms with van der Waals surface area (Å²) in [6.45, 7) is 4.95. The quantitative estimate of drug-likeness (QED) is 0.828. The number of methoxy groups -OCH3 is 1. The van der Waals surface area contributed by atoms with Crippen LogP contribution in [0.25, 0.3) is 0 Å². The van der Waals surface area contributed by atoms with Crippen LogP contribution in [0.3, 0.4) is 0 Å². The molecule has 2 aromatic rings. The van der Waals surface area contributed by atoms with Gasteiger partial charge in [-0.25, -0.2) is 4.79 Å². The first-order valence-electron chi connectivity index (χ1n) is 7.11. The molecule has 0 aliphatic carbocycles. The van der Waals surface area contributed by atoms with Crippen molar-refractivity contribution in [3.05, 3.63) is 59.0 Å². The molecule has 0 saturated carbocycles. The van der Waals surface area contributed by atoms with Crippen LogP contribution in [-0.4, -0.2) is 19.6 Å². The number of likely N-dealkylation sites (N-methyl/N-ethyl adjacent to an activating group) is 1. The van der Waals surface area contributed by atoms with Gasteiger partial charge in [0.05, 0.1) is 13.2 Å². The first-order chi connectivity index (χ1) is 10.1. The Bertz CT molecular complexity index is 604. The highest BCUT2D eigenvalue weighted by molar-refractivity contribution is 5.86. The van der Waals surface area contributed by atoms with Crippen molar-refractivity contribution in [3.8, 4) is 0 Å². The molecular formula is C17H21NO3. The maximum Gasteiger partial charge on any atom is 0.373 e. The molecule has 0 saturated heterocycles. The molecule has 0 bridgehead atoms. The van der Waals surface area contributed by atoms with E-state index in [1.807, 2.05) is 13.0 Å². The number of benzene rings is 1. The van der Waals surface area contributed by atoms with Gasteiger partial charge < -0.3 is 14.5 Å². The lowest BCUT2D eigenvalue weighted by molar-refractivity contribution is 0.0562. The monoisotopic (exact) mass is 287 g/mol. The number of carbonyl (C=O) groups excluding carboxylic acids is 1. The van der Waals surface area contributed by atoms with Crippen molar-refractivity contribution in [1.29, 1.82) is 0 Å². The fourth-order valence-electron chi connectivity index (χ4n) is 2.34. The third kappa shape index (κ3) is 3.95. The van der Waals surface area contributed by atoms with E-state index in [-0.39, 0.29) is 11.8 Å². The predicted molar refractivity (Wildman–Crippen MR) is 81.3 cm³/mol.